The lowest BCUT2D eigenvalue weighted by Gasteiger charge is -2.45. The van der Waals surface area contributed by atoms with Crippen LogP contribution in [-0.2, 0) is 14.5 Å². The molecule has 8 heteroatoms. The van der Waals surface area contributed by atoms with Crippen LogP contribution in [0.2, 0.25) is 0 Å². The molecule has 2 saturated heterocycles. The third-order valence-corrected chi connectivity index (χ3v) is 7.31. The maximum Gasteiger partial charge on any atom is 0.255 e. The molecule has 0 aromatic carbocycles. The highest BCUT2D eigenvalue weighted by Crippen LogP contribution is 2.32. The first kappa shape index (κ1) is 19.1. The topological polar surface area (TPSA) is 81.1 Å². The van der Waals surface area contributed by atoms with Crippen LogP contribution in [0.4, 0.5) is 0 Å². The standard InChI is InChI=1S/C18H27N3O4S/c1-14(2)25-16-5-4-15(12-20-16)17(22)21-8-9-24-18(13-21)6-10-26(23,19-3)11-7-18/h4-5,12,14H,6-11,13H2,1-3H3. The molecule has 3 rings (SSSR count). The van der Waals surface area contributed by atoms with Gasteiger partial charge in [0.1, 0.15) is 0 Å². The van der Waals surface area contributed by atoms with E-state index in [-0.39, 0.29) is 12.0 Å². The van der Waals surface area contributed by atoms with E-state index in [4.69, 9.17) is 9.47 Å². The van der Waals surface area contributed by atoms with Crippen molar-refractivity contribution in [2.24, 2.45) is 4.36 Å². The number of hydrogen-bond acceptors (Lipinski definition) is 6. The molecule has 1 aromatic rings. The zero-order valence-electron chi connectivity index (χ0n) is 15.6. The Bertz CT molecular complexity index is 755. The lowest BCUT2D eigenvalue weighted by atomic mass is 9.94. The van der Waals surface area contributed by atoms with Gasteiger partial charge in [-0.2, -0.15) is 0 Å². The highest BCUT2D eigenvalue weighted by atomic mass is 32.2. The van der Waals surface area contributed by atoms with E-state index >= 15 is 0 Å². The summed E-state index contributed by atoms with van der Waals surface area (Å²) in [5, 5.41) is 0. The molecule has 0 saturated carbocycles. The van der Waals surface area contributed by atoms with Gasteiger partial charge in [0, 0.05) is 47.1 Å². The molecular weight excluding hydrogens is 354 g/mol. The SMILES string of the molecule is CN=S1(=O)CCC2(CC1)CN(C(=O)c1ccc(OC(C)C)nc1)CCO2. The molecule has 0 bridgehead atoms. The Morgan fingerprint density at radius 2 is 2.12 bits per heavy atom. The van der Waals surface area contributed by atoms with Crippen LogP contribution in [-0.4, -0.2) is 70.0 Å². The van der Waals surface area contributed by atoms with Gasteiger partial charge in [-0.05, 0) is 32.8 Å². The first-order chi connectivity index (χ1) is 12.3. The van der Waals surface area contributed by atoms with E-state index < -0.39 is 15.3 Å². The molecule has 7 nitrogen and oxygen atoms in total. The highest BCUT2D eigenvalue weighted by Gasteiger charge is 2.42. The summed E-state index contributed by atoms with van der Waals surface area (Å²) in [5.74, 6) is 1.53. The molecule has 1 amide bonds. The Labute approximate surface area is 155 Å². The summed E-state index contributed by atoms with van der Waals surface area (Å²) in [4.78, 5) is 18.9. The third-order valence-electron chi connectivity index (χ3n) is 4.96. The maximum absolute atomic E-state index is 12.9. The van der Waals surface area contributed by atoms with Gasteiger partial charge < -0.3 is 14.4 Å². The van der Waals surface area contributed by atoms with Gasteiger partial charge in [0.05, 0.1) is 30.4 Å². The average molecular weight is 381 g/mol. The fourth-order valence-electron chi connectivity index (χ4n) is 3.42. The van der Waals surface area contributed by atoms with Crippen molar-refractivity contribution in [3.63, 3.8) is 0 Å². The number of morpholine rings is 1. The average Bonchev–Trinajstić information content (AvgIpc) is 2.64. The van der Waals surface area contributed by atoms with Crippen LogP contribution in [0.3, 0.4) is 0 Å². The van der Waals surface area contributed by atoms with Crippen LogP contribution >= 0.6 is 0 Å². The van der Waals surface area contributed by atoms with Crippen LogP contribution < -0.4 is 4.74 Å². The summed E-state index contributed by atoms with van der Waals surface area (Å²) in [7, 11) is -0.468. The number of carbonyl (C=O) groups excluding carboxylic acids is 1. The van der Waals surface area contributed by atoms with Gasteiger partial charge in [0.15, 0.2) is 0 Å². The second-order valence-electron chi connectivity index (χ2n) is 7.17. The molecule has 2 aliphatic rings. The molecule has 0 aliphatic carbocycles. The largest absolute Gasteiger partial charge is 0.475 e. The van der Waals surface area contributed by atoms with Crippen LogP contribution in [0.5, 0.6) is 5.88 Å². The summed E-state index contributed by atoms with van der Waals surface area (Å²) in [6, 6.07) is 3.47. The van der Waals surface area contributed by atoms with E-state index in [1.807, 2.05) is 18.7 Å². The van der Waals surface area contributed by atoms with Crippen LogP contribution in [0.25, 0.3) is 0 Å². The predicted molar refractivity (Wildman–Crippen MR) is 100 cm³/mol. The van der Waals surface area contributed by atoms with Crippen LogP contribution in [0.15, 0.2) is 22.7 Å². The summed E-state index contributed by atoms with van der Waals surface area (Å²) in [6.45, 7) is 5.44. The molecule has 1 aromatic heterocycles. The minimum absolute atomic E-state index is 0.0413. The number of pyridine rings is 1. The van der Waals surface area contributed by atoms with E-state index in [1.165, 1.54) is 0 Å². The van der Waals surface area contributed by atoms with Crippen molar-refractivity contribution >= 4 is 15.6 Å². The van der Waals surface area contributed by atoms with Crippen LogP contribution in [0, 0.1) is 0 Å². The van der Waals surface area contributed by atoms with Crippen molar-refractivity contribution in [1.82, 2.24) is 9.88 Å². The summed E-state index contributed by atoms with van der Waals surface area (Å²) in [5.41, 5.74) is 0.148. The van der Waals surface area contributed by atoms with Crippen molar-refractivity contribution < 1.29 is 18.5 Å². The van der Waals surface area contributed by atoms with Gasteiger partial charge in [-0.25, -0.2) is 13.6 Å². The predicted octanol–water partition coefficient (Wildman–Crippen LogP) is 1.97. The summed E-state index contributed by atoms with van der Waals surface area (Å²) < 4.78 is 28.0. The summed E-state index contributed by atoms with van der Waals surface area (Å²) >= 11 is 0. The first-order valence-corrected chi connectivity index (χ1v) is 10.9. The number of carbonyl (C=O) groups is 1. The number of nitrogens with zero attached hydrogens (tertiary/aromatic N) is 3. The van der Waals surface area contributed by atoms with E-state index in [1.54, 1.807) is 25.4 Å². The molecule has 1 spiro atoms. The number of aromatic nitrogens is 1. The van der Waals surface area contributed by atoms with Crippen molar-refractivity contribution in [3.8, 4) is 5.88 Å². The number of rotatable bonds is 3. The van der Waals surface area contributed by atoms with Crippen molar-refractivity contribution in [1.29, 1.82) is 0 Å². The highest BCUT2D eigenvalue weighted by molar-refractivity contribution is 7.93. The second kappa shape index (κ2) is 7.52. The lowest BCUT2D eigenvalue weighted by molar-refractivity contribution is -0.104. The smallest absolute Gasteiger partial charge is 0.255 e. The molecule has 3 heterocycles. The Hall–Kier alpha value is -1.67. The minimum atomic E-state index is -2.09. The van der Waals surface area contributed by atoms with E-state index in [9.17, 15) is 9.00 Å². The van der Waals surface area contributed by atoms with Crippen LogP contribution in [0.1, 0.15) is 37.0 Å². The maximum atomic E-state index is 12.9. The summed E-state index contributed by atoms with van der Waals surface area (Å²) in [6.07, 6.45) is 2.95. The molecule has 26 heavy (non-hydrogen) atoms. The Morgan fingerprint density at radius 3 is 2.69 bits per heavy atom. The second-order valence-corrected chi connectivity index (χ2v) is 9.90. The van der Waals surface area contributed by atoms with Gasteiger partial charge in [-0.15, -0.1) is 0 Å². The van der Waals surface area contributed by atoms with Gasteiger partial charge in [-0.1, -0.05) is 0 Å². The lowest BCUT2D eigenvalue weighted by Crippen LogP contribution is -2.56. The zero-order chi connectivity index (χ0) is 18.8. The molecule has 2 fully saturated rings. The molecule has 0 atom stereocenters. The van der Waals surface area contributed by atoms with Gasteiger partial charge >= 0.3 is 0 Å². The molecule has 144 valence electrons. The van der Waals surface area contributed by atoms with Crippen molar-refractivity contribution in [2.75, 3.05) is 38.2 Å². The monoisotopic (exact) mass is 381 g/mol. The van der Waals surface area contributed by atoms with E-state index in [0.717, 1.165) is 0 Å². The molecule has 0 N–H and O–H groups in total. The molecule has 0 radical (unpaired) electrons. The Balaban J connectivity index is 1.68. The van der Waals surface area contributed by atoms with Crippen molar-refractivity contribution in [3.05, 3.63) is 23.9 Å². The first-order valence-electron chi connectivity index (χ1n) is 9.01. The fourth-order valence-corrected chi connectivity index (χ4v) is 5.37. The van der Waals surface area contributed by atoms with E-state index in [0.29, 0.717) is 55.5 Å². The third kappa shape index (κ3) is 4.17. The van der Waals surface area contributed by atoms with Gasteiger partial charge in [0.25, 0.3) is 5.91 Å². The molecule has 2 aliphatic heterocycles. The molecular formula is C18H27N3O4S. The number of amides is 1. The number of hydrogen-bond donors (Lipinski definition) is 0. The van der Waals surface area contributed by atoms with E-state index in [2.05, 4.69) is 9.35 Å². The van der Waals surface area contributed by atoms with Gasteiger partial charge in [0.2, 0.25) is 5.88 Å². The Kier molecular flexibility index (Phi) is 5.53. The van der Waals surface area contributed by atoms with Crippen molar-refractivity contribution in [2.45, 2.75) is 38.4 Å². The normalized spacial score (nSPS) is 29.0. The molecule has 0 unspecified atom stereocenters. The Morgan fingerprint density at radius 1 is 1.38 bits per heavy atom. The quantitative estimate of drug-likeness (QED) is 0.800. The minimum Gasteiger partial charge on any atom is -0.475 e. The fraction of sp³-hybridized carbons (Fsp3) is 0.667. The number of ether oxygens (including phenoxy) is 2. The zero-order valence-corrected chi connectivity index (χ0v) is 16.5. The van der Waals surface area contributed by atoms with Gasteiger partial charge in [-0.3, -0.25) is 4.79 Å².